The Bertz CT molecular complexity index is 1120. The fraction of sp³-hybridized carbons (Fsp3) is 0.400. The van der Waals surface area contributed by atoms with Gasteiger partial charge in [0, 0.05) is 37.6 Å². The summed E-state index contributed by atoms with van der Waals surface area (Å²) in [6.45, 7) is 8.19. The highest BCUT2D eigenvalue weighted by atomic mass is 16.5. The van der Waals surface area contributed by atoms with Gasteiger partial charge in [-0.05, 0) is 63.4 Å². The van der Waals surface area contributed by atoms with Gasteiger partial charge in [-0.1, -0.05) is 12.1 Å². The second-order valence-electron chi connectivity index (χ2n) is 8.19. The number of benzene rings is 1. The number of carbonyl (C=O) groups is 2. The van der Waals surface area contributed by atoms with Crippen LogP contribution in [0.15, 0.2) is 48.8 Å². The van der Waals surface area contributed by atoms with Crippen LogP contribution >= 0.6 is 0 Å². The predicted octanol–water partition coefficient (Wildman–Crippen LogP) is 3.69. The Morgan fingerprint density at radius 2 is 1.97 bits per heavy atom. The van der Waals surface area contributed by atoms with E-state index in [9.17, 15) is 9.59 Å². The number of aromatic nitrogens is 2. The van der Waals surface area contributed by atoms with E-state index >= 15 is 0 Å². The molecule has 1 atom stereocenters. The smallest absolute Gasteiger partial charge is 0.254 e. The molecule has 1 unspecified atom stereocenters. The maximum absolute atomic E-state index is 13.2. The van der Waals surface area contributed by atoms with Gasteiger partial charge in [-0.25, -0.2) is 4.98 Å². The van der Waals surface area contributed by atoms with Crippen LogP contribution in [-0.4, -0.2) is 56.7 Å². The molecule has 32 heavy (non-hydrogen) atoms. The van der Waals surface area contributed by atoms with Crippen LogP contribution in [-0.2, 0) is 11.4 Å². The van der Waals surface area contributed by atoms with Gasteiger partial charge >= 0.3 is 0 Å². The van der Waals surface area contributed by atoms with E-state index in [4.69, 9.17) is 4.74 Å². The highest BCUT2D eigenvalue weighted by molar-refractivity contribution is 5.98. The summed E-state index contributed by atoms with van der Waals surface area (Å²) in [4.78, 5) is 34.2. The van der Waals surface area contributed by atoms with Gasteiger partial charge in [-0.3, -0.25) is 9.59 Å². The van der Waals surface area contributed by atoms with Gasteiger partial charge in [-0.2, -0.15) is 0 Å². The van der Waals surface area contributed by atoms with Crippen molar-refractivity contribution in [3.63, 3.8) is 0 Å². The van der Waals surface area contributed by atoms with Gasteiger partial charge in [-0.15, -0.1) is 0 Å². The average Bonchev–Trinajstić information content (AvgIpc) is 3.45. The van der Waals surface area contributed by atoms with E-state index in [-0.39, 0.29) is 17.9 Å². The van der Waals surface area contributed by atoms with Crippen molar-refractivity contribution < 1.29 is 14.3 Å². The summed E-state index contributed by atoms with van der Waals surface area (Å²) in [5.41, 5.74) is 3.38. The maximum Gasteiger partial charge on any atom is 0.254 e. The van der Waals surface area contributed by atoms with Crippen molar-refractivity contribution in [2.45, 2.75) is 46.3 Å². The lowest BCUT2D eigenvalue weighted by molar-refractivity contribution is -0.134. The second-order valence-corrected chi connectivity index (χ2v) is 8.19. The van der Waals surface area contributed by atoms with Crippen molar-refractivity contribution in [1.29, 1.82) is 0 Å². The van der Waals surface area contributed by atoms with E-state index in [1.165, 1.54) is 0 Å². The summed E-state index contributed by atoms with van der Waals surface area (Å²) >= 11 is 0. The van der Waals surface area contributed by atoms with Gasteiger partial charge in [0.05, 0.1) is 5.69 Å². The van der Waals surface area contributed by atoms with Crippen LogP contribution < -0.4 is 4.74 Å². The van der Waals surface area contributed by atoms with Gasteiger partial charge in [0.25, 0.3) is 5.91 Å². The summed E-state index contributed by atoms with van der Waals surface area (Å²) < 4.78 is 7.91. The molecule has 7 nitrogen and oxygen atoms in total. The molecule has 1 aliphatic rings. The fourth-order valence-electron chi connectivity index (χ4n) is 4.28. The zero-order chi connectivity index (χ0) is 22.7. The second kappa shape index (κ2) is 9.42. The first-order chi connectivity index (χ1) is 15.5. The first kappa shape index (κ1) is 21.9. The molecule has 0 saturated carbocycles. The molecule has 2 aromatic heterocycles. The number of hydrogen-bond donors (Lipinski definition) is 0. The molecule has 7 heteroatoms. The molecule has 1 aliphatic heterocycles. The Morgan fingerprint density at radius 3 is 2.75 bits per heavy atom. The highest BCUT2D eigenvalue weighted by Crippen LogP contribution is 2.24. The minimum atomic E-state index is -0.381. The number of hydrogen-bond acceptors (Lipinski definition) is 4. The molecular weight excluding hydrogens is 404 g/mol. The minimum Gasteiger partial charge on any atom is -0.487 e. The Hall–Kier alpha value is -3.35. The number of fused-ring (bicyclic) bond motifs is 1. The van der Waals surface area contributed by atoms with Crippen LogP contribution in [0.4, 0.5) is 0 Å². The standard InChI is InChI=1S/C25H30N4O3/c1-4-27(5-2)25(31)22-10-7-13-29(22)24(30)19-8-6-9-21(14-19)32-17-20-16-28-15-18(3)11-12-23(28)26-20/h6,8-9,11-12,14-16,22H,4-5,7,10,13,17H2,1-3H3. The lowest BCUT2D eigenvalue weighted by Crippen LogP contribution is -2.47. The predicted molar refractivity (Wildman–Crippen MR) is 123 cm³/mol. The number of ether oxygens (including phenoxy) is 1. The number of imidazole rings is 1. The van der Waals surface area contributed by atoms with Crippen LogP contribution in [0.5, 0.6) is 5.75 Å². The summed E-state index contributed by atoms with van der Waals surface area (Å²) in [6, 6.07) is 10.8. The molecule has 1 saturated heterocycles. The summed E-state index contributed by atoms with van der Waals surface area (Å²) in [5.74, 6) is 0.520. The van der Waals surface area contributed by atoms with E-state index in [1.54, 1.807) is 21.9 Å². The average molecular weight is 435 g/mol. The van der Waals surface area contributed by atoms with Gasteiger partial charge in [0.2, 0.25) is 5.91 Å². The summed E-state index contributed by atoms with van der Waals surface area (Å²) in [7, 11) is 0. The van der Waals surface area contributed by atoms with E-state index in [0.29, 0.717) is 44.0 Å². The minimum absolute atomic E-state index is 0.0374. The first-order valence-electron chi connectivity index (χ1n) is 11.3. The summed E-state index contributed by atoms with van der Waals surface area (Å²) in [5, 5.41) is 0. The van der Waals surface area contributed by atoms with Crippen LogP contribution in [0, 0.1) is 6.92 Å². The highest BCUT2D eigenvalue weighted by Gasteiger charge is 2.36. The number of aryl methyl sites for hydroxylation is 1. The molecule has 1 aromatic carbocycles. The van der Waals surface area contributed by atoms with Crippen LogP contribution in [0.25, 0.3) is 5.65 Å². The van der Waals surface area contributed by atoms with Gasteiger partial charge in [0.15, 0.2) is 0 Å². The van der Waals surface area contributed by atoms with E-state index < -0.39 is 0 Å². The quantitative estimate of drug-likeness (QED) is 0.569. The largest absolute Gasteiger partial charge is 0.487 e. The monoisotopic (exact) mass is 434 g/mol. The number of rotatable bonds is 7. The third kappa shape index (κ3) is 4.47. The zero-order valence-corrected chi connectivity index (χ0v) is 19.0. The van der Waals surface area contributed by atoms with Crippen molar-refractivity contribution in [1.82, 2.24) is 19.2 Å². The Kier molecular flexibility index (Phi) is 6.44. The SMILES string of the molecule is CCN(CC)C(=O)C1CCCN1C(=O)c1cccc(OCc2cn3cc(C)ccc3n2)c1. The number of pyridine rings is 1. The number of nitrogens with zero attached hydrogens (tertiary/aromatic N) is 4. The van der Waals surface area contributed by atoms with Gasteiger partial charge < -0.3 is 18.9 Å². The van der Waals surface area contributed by atoms with Crippen molar-refractivity contribution in [3.8, 4) is 5.75 Å². The molecular formula is C25H30N4O3. The maximum atomic E-state index is 13.2. The lowest BCUT2D eigenvalue weighted by atomic mass is 10.1. The number of likely N-dealkylation sites (tertiary alicyclic amines) is 1. The molecule has 2 amide bonds. The Morgan fingerprint density at radius 1 is 1.16 bits per heavy atom. The Labute approximate surface area is 188 Å². The van der Waals surface area contributed by atoms with Crippen LogP contribution in [0.3, 0.4) is 0 Å². The molecule has 0 N–H and O–H groups in total. The third-order valence-electron chi connectivity index (χ3n) is 5.99. The number of amides is 2. The normalized spacial score (nSPS) is 15.8. The van der Waals surface area contributed by atoms with E-state index in [0.717, 1.165) is 23.3 Å². The van der Waals surface area contributed by atoms with E-state index in [2.05, 4.69) is 4.98 Å². The Balaban J connectivity index is 1.45. The fourth-order valence-corrected chi connectivity index (χ4v) is 4.28. The van der Waals surface area contributed by atoms with Crippen molar-refractivity contribution in [2.24, 2.45) is 0 Å². The molecule has 1 fully saturated rings. The van der Waals surface area contributed by atoms with Crippen molar-refractivity contribution in [2.75, 3.05) is 19.6 Å². The van der Waals surface area contributed by atoms with Gasteiger partial charge in [0.1, 0.15) is 24.0 Å². The molecule has 3 heterocycles. The molecule has 3 aromatic rings. The molecule has 0 aliphatic carbocycles. The third-order valence-corrected chi connectivity index (χ3v) is 5.99. The molecule has 168 valence electrons. The first-order valence-corrected chi connectivity index (χ1v) is 11.3. The summed E-state index contributed by atoms with van der Waals surface area (Å²) in [6.07, 6.45) is 5.53. The number of likely N-dealkylation sites (N-methyl/N-ethyl adjacent to an activating group) is 1. The molecule has 0 bridgehead atoms. The molecule has 0 spiro atoms. The van der Waals surface area contributed by atoms with Crippen molar-refractivity contribution >= 4 is 17.5 Å². The lowest BCUT2D eigenvalue weighted by Gasteiger charge is -2.29. The van der Waals surface area contributed by atoms with E-state index in [1.807, 2.05) is 61.8 Å². The topological polar surface area (TPSA) is 67.2 Å². The van der Waals surface area contributed by atoms with Crippen LogP contribution in [0.2, 0.25) is 0 Å². The zero-order valence-electron chi connectivity index (χ0n) is 19.0. The molecule has 4 rings (SSSR count). The van der Waals surface area contributed by atoms with Crippen LogP contribution in [0.1, 0.15) is 48.3 Å². The number of carbonyl (C=O) groups excluding carboxylic acids is 2. The van der Waals surface area contributed by atoms with Crippen molar-refractivity contribution in [3.05, 3.63) is 65.6 Å². The molecule has 0 radical (unpaired) electrons.